The van der Waals surface area contributed by atoms with Gasteiger partial charge in [-0.15, -0.1) is 0 Å². The van der Waals surface area contributed by atoms with E-state index in [0.717, 1.165) is 37.8 Å². The molecule has 0 radical (unpaired) electrons. The SMILES string of the molecule is COC(=O)C1(N)CCC(N(CCC(C)C)C2CC2)C1. The van der Waals surface area contributed by atoms with Crippen LogP contribution in [0.3, 0.4) is 0 Å². The lowest BCUT2D eigenvalue weighted by atomic mass is 9.99. The molecular weight excluding hydrogens is 240 g/mol. The predicted molar refractivity (Wildman–Crippen MR) is 75.8 cm³/mol. The van der Waals surface area contributed by atoms with Gasteiger partial charge in [-0.3, -0.25) is 9.69 Å². The molecule has 0 bridgehead atoms. The summed E-state index contributed by atoms with van der Waals surface area (Å²) in [6.45, 7) is 5.67. The van der Waals surface area contributed by atoms with Gasteiger partial charge < -0.3 is 10.5 Å². The molecule has 0 spiro atoms. The Balaban J connectivity index is 1.94. The van der Waals surface area contributed by atoms with Gasteiger partial charge in [0.1, 0.15) is 5.54 Å². The summed E-state index contributed by atoms with van der Waals surface area (Å²) in [5.41, 5.74) is 5.47. The van der Waals surface area contributed by atoms with E-state index in [4.69, 9.17) is 10.5 Å². The van der Waals surface area contributed by atoms with Gasteiger partial charge in [0.15, 0.2) is 0 Å². The Labute approximate surface area is 116 Å². The zero-order valence-electron chi connectivity index (χ0n) is 12.5. The monoisotopic (exact) mass is 268 g/mol. The number of hydrogen-bond donors (Lipinski definition) is 1. The first kappa shape index (κ1) is 14.8. The van der Waals surface area contributed by atoms with Crippen LogP contribution in [0.4, 0.5) is 0 Å². The highest BCUT2D eigenvalue weighted by molar-refractivity contribution is 5.81. The van der Waals surface area contributed by atoms with E-state index >= 15 is 0 Å². The second kappa shape index (κ2) is 5.80. The van der Waals surface area contributed by atoms with Gasteiger partial charge in [0.2, 0.25) is 0 Å². The molecule has 0 aliphatic heterocycles. The molecule has 2 atom stereocenters. The van der Waals surface area contributed by atoms with Crippen molar-refractivity contribution in [2.45, 2.75) is 70.0 Å². The number of ether oxygens (including phenoxy) is 1. The standard InChI is InChI=1S/C15H28N2O2/c1-11(2)7-9-17(12-4-5-12)13-6-8-15(16,10-13)14(18)19-3/h11-13H,4-10,16H2,1-3H3. The zero-order valence-corrected chi connectivity index (χ0v) is 12.5. The van der Waals surface area contributed by atoms with Gasteiger partial charge in [-0.2, -0.15) is 0 Å². The van der Waals surface area contributed by atoms with Crippen LogP contribution in [-0.2, 0) is 9.53 Å². The minimum atomic E-state index is -0.746. The minimum Gasteiger partial charge on any atom is -0.468 e. The Kier molecular flexibility index (Phi) is 4.51. The van der Waals surface area contributed by atoms with Crippen LogP contribution in [0.1, 0.15) is 52.4 Å². The molecule has 0 aromatic rings. The number of carbonyl (C=O) groups excluding carboxylic acids is 1. The normalized spacial score (nSPS) is 31.2. The second-order valence-corrected chi connectivity index (χ2v) is 6.70. The van der Waals surface area contributed by atoms with Gasteiger partial charge in [-0.05, 0) is 51.0 Å². The van der Waals surface area contributed by atoms with Crippen LogP contribution in [-0.4, -0.2) is 42.1 Å². The van der Waals surface area contributed by atoms with E-state index in [0.29, 0.717) is 6.04 Å². The maximum absolute atomic E-state index is 11.8. The molecule has 2 fully saturated rings. The lowest BCUT2D eigenvalue weighted by Gasteiger charge is -2.30. The number of nitrogens with two attached hydrogens (primary N) is 1. The molecule has 0 saturated heterocycles. The third-order valence-electron chi connectivity index (χ3n) is 4.57. The van der Waals surface area contributed by atoms with Crippen molar-refractivity contribution < 1.29 is 9.53 Å². The number of esters is 1. The van der Waals surface area contributed by atoms with Crippen molar-refractivity contribution in [3.63, 3.8) is 0 Å². The molecular formula is C15H28N2O2. The quantitative estimate of drug-likeness (QED) is 0.748. The summed E-state index contributed by atoms with van der Waals surface area (Å²) in [5, 5.41) is 0. The summed E-state index contributed by atoms with van der Waals surface area (Å²) >= 11 is 0. The van der Waals surface area contributed by atoms with Gasteiger partial charge >= 0.3 is 5.97 Å². The van der Waals surface area contributed by atoms with Gasteiger partial charge in [-0.1, -0.05) is 13.8 Å². The summed E-state index contributed by atoms with van der Waals surface area (Å²) in [6, 6.07) is 1.21. The Bertz CT molecular complexity index is 328. The third-order valence-corrected chi connectivity index (χ3v) is 4.57. The fraction of sp³-hybridized carbons (Fsp3) is 0.933. The predicted octanol–water partition coefficient (Wildman–Crippen LogP) is 1.92. The van der Waals surface area contributed by atoms with Crippen LogP contribution in [0, 0.1) is 5.92 Å². The highest BCUT2D eigenvalue weighted by atomic mass is 16.5. The van der Waals surface area contributed by atoms with Crippen LogP contribution in [0.25, 0.3) is 0 Å². The first-order valence-corrected chi connectivity index (χ1v) is 7.59. The van der Waals surface area contributed by atoms with Crippen LogP contribution >= 0.6 is 0 Å². The Hall–Kier alpha value is -0.610. The highest BCUT2D eigenvalue weighted by Crippen LogP contribution is 2.38. The number of nitrogens with zero attached hydrogens (tertiary/aromatic N) is 1. The molecule has 4 heteroatoms. The lowest BCUT2D eigenvalue weighted by molar-refractivity contribution is -0.147. The van der Waals surface area contributed by atoms with Crippen molar-refractivity contribution in [1.29, 1.82) is 0 Å². The molecule has 4 nitrogen and oxygen atoms in total. The molecule has 2 unspecified atom stereocenters. The van der Waals surface area contributed by atoms with Crippen LogP contribution in [0.2, 0.25) is 0 Å². The largest absolute Gasteiger partial charge is 0.468 e. The topological polar surface area (TPSA) is 55.6 Å². The van der Waals surface area contributed by atoms with E-state index in [-0.39, 0.29) is 5.97 Å². The second-order valence-electron chi connectivity index (χ2n) is 6.70. The molecule has 0 amide bonds. The van der Waals surface area contributed by atoms with E-state index in [9.17, 15) is 4.79 Å². The van der Waals surface area contributed by atoms with Gasteiger partial charge in [0, 0.05) is 12.1 Å². The van der Waals surface area contributed by atoms with Crippen molar-refractivity contribution in [3.05, 3.63) is 0 Å². The smallest absolute Gasteiger partial charge is 0.325 e. The highest BCUT2D eigenvalue weighted by Gasteiger charge is 2.47. The Morgan fingerprint density at radius 3 is 2.58 bits per heavy atom. The first-order valence-electron chi connectivity index (χ1n) is 7.59. The summed E-state index contributed by atoms with van der Waals surface area (Å²) < 4.78 is 4.86. The molecule has 0 aromatic carbocycles. The van der Waals surface area contributed by atoms with E-state index in [2.05, 4.69) is 18.7 Å². The molecule has 110 valence electrons. The maximum atomic E-state index is 11.8. The molecule has 2 N–H and O–H groups in total. The van der Waals surface area contributed by atoms with E-state index in [1.807, 2.05) is 0 Å². The van der Waals surface area contributed by atoms with Crippen molar-refractivity contribution in [1.82, 2.24) is 4.90 Å². The number of carbonyl (C=O) groups is 1. The molecule has 2 rings (SSSR count). The Morgan fingerprint density at radius 1 is 1.37 bits per heavy atom. The van der Waals surface area contributed by atoms with Crippen molar-refractivity contribution in [2.24, 2.45) is 11.7 Å². The molecule has 2 aliphatic carbocycles. The average Bonchev–Trinajstić information content (AvgIpc) is 3.12. The summed E-state index contributed by atoms with van der Waals surface area (Å²) in [4.78, 5) is 14.4. The van der Waals surface area contributed by atoms with Gasteiger partial charge in [0.05, 0.1) is 7.11 Å². The lowest BCUT2D eigenvalue weighted by Crippen LogP contribution is -2.48. The first-order chi connectivity index (χ1) is 8.96. The molecule has 19 heavy (non-hydrogen) atoms. The third kappa shape index (κ3) is 3.48. The number of methoxy groups -OCH3 is 1. The molecule has 2 saturated carbocycles. The summed E-state index contributed by atoms with van der Waals surface area (Å²) in [6.07, 6.45) is 6.39. The zero-order chi connectivity index (χ0) is 14.0. The van der Waals surface area contributed by atoms with E-state index in [1.165, 1.54) is 26.4 Å². The maximum Gasteiger partial charge on any atom is 0.325 e. The fourth-order valence-corrected chi connectivity index (χ4v) is 3.20. The van der Waals surface area contributed by atoms with Crippen LogP contribution in [0.5, 0.6) is 0 Å². The molecule has 0 aromatic heterocycles. The van der Waals surface area contributed by atoms with Crippen LogP contribution < -0.4 is 5.73 Å². The van der Waals surface area contributed by atoms with Crippen molar-refractivity contribution >= 4 is 5.97 Å². The van der Waals surface area contributed by atoms with E-state index < -0.39 is 5.54 Å². The Morgan fingerprint density at radius 2 is 2.05 bits per heavy atom. The minimum absolute atomic E-state index is 0.241. The van der Waals surface area contributed by atoms with Crippen LogP contribution in [0.15, 0.2) is 0 Å². The van der Waals surface area contributed by atoms with Crippen molar-refractivity contribution in [3.8, 4) is 0 Å². The average molecular weight is 268 g/mol. The molecule has 0 heterocycles. The van der Waals surface area contributed by atoms with Gasteiger partial charge in [-0.25, -0.2) is 0 Å². The summed E-state index contributed by atoms with van der Waals surface area (Å²) in [5.74, 6) is 0.487. The van der Waals surface area contributed by atoms with E-state index in [1.54, 1.807) is 0 Å². The fourth-order valence-electron chi connectivity index (χ4n) is 3.20. The number of hydrogen-bond acceptors (Lipinski definition) is 4. The van der Waals surface area contributed by atoms with Crippen molar-refractivity contribution in [2.75, 3.05) is 13.7 Å². The van der Waals surface area contributed by atoms with Gasteiger partial charge in [0.25, 0.3) is 0 Å². The molecule has 2 aliphatic rings. The summed E-state index contributed by atoms with van der Waals surface area (Å²) in [7, 11) is 1.43. The number of rotatable bonds is 6.